The van der Waals surface area contributed by atoms with E-state index in [0.29, 0.717) is 5.56 Å². The highest BCUT2D eigenvalue weighted by Gasteiger charge is 1.88. The molecule has 1 N–H and O–H groups in total. The van der Waals surface area contributed by atoms with Crippen molar-refractivity contribution < 1.29 is 9.50 Å². The number of alkyl halides is 1. The Balaban J connectivity index is 2.88. The summed E-state index contributed by atoms with van der Waals surface area (Å²) in [6.07, 6.45) is 0. The molecule has 0 aliphatic rings. The average molecular weight is 126 g/mol. The lowest BCUT2D eigenvalue weighted by Crippen LogP contribution is -1.74. The predicted molar refractivity (Wildman–Crippen MR) is 32.9 cm³/mol. The molecule has 9 heavy (non-hydrogen) atoms. The Labute approximate surface area is 52.8 Å². The summed E-state index contributed by atoms with van der Waals surface area (Å²) in [6, 6.07) is 6.04. The van der Waals surface area contributed by atoms with Crippen LogP contribution in [-0.4, -0.2) is 5.11 Å². The average Bonchev–Trinajstić information content (AvgIpc) is 1.90. The van der Waals surface area contributed by atoms with Crippen LogP contribution < -0.4 is 0 Å². The molecule has 0 bridgehead atoms. The molecule has 0 radical (unpaired) electrons. The summed E-state index contributed by atoms with van der Waals surface area (Å²) in [6.45, 7) is -0.472. The molecule has 1 rings (SSSR count). The quantitative estimate of drug-likeness (QED) is 0.609. The molecular weight excluding hydrogens is 119 g/mol. The van der Waals surface area contributed by atoms with Crippen molar-refractivity contribution in [2.24, 2.45) is 0 Å². The number of hydrogen-bond acceptors (Lipinski definition) is 1. The number of benzene rings is 1. The van der Waals surface area contributed by atoms with Gasteiger partial charge in [0.25, 0.3) is 0 Å². The smallest absolute Gasteiger partial charge is 0.115 e. The van der Waals surface area contributed by atoms with Gasteiger partial charge in [-0.1, -0.05) is 12.1 Å². The molecule has 0 saturated heterocycles. The molecule has 0 aliphatic heterocycles. The molecule has 0 aromatic heterocycles. The zero-order chi connectivity index (χ0) is 6.69. The highest BCUT2D eigenvalue weighted by Crippen LogP contribution is 2.09. The van der Waals surface area contributed by atoms with Crippen molar-refractivity contribution in [1.82, 2.24) is 0 Å². The fraction of sp³-hybridized carbons (Fsp3) is 0.143. The van der Waals surface area contributed by atoms with E-state index in [9.17, 15) is 4.39 Å². The summed E-state index contributed by atoms with van der Waals surface area (Å²) in [5.41, 5.74) is 0.591. The van der Waals surface area contributed by atoms with Crippen LogP contribution in [0.4, 0.5) is 4.39 Å². The third kappa shape index (κ3) is 1.42. The molecular formula is C7H7FO. The maximum Gasteiger partial charge on any atom is 0.115 e. The lowest BCUT2D eigenvalue weighted by atomic mass is 10.2. The van der Waals surface area contributed by atoms with Gasteiger partial charge in [-0.05, 0) is 17.7 Å². The van der Waals surface area contributed by atoms with Gasteiger partial charge in [-0.3, -0.25) is 0 Å². The molecule has 1 aromatic carbocycles. The van der Waals surface area contributed by atoms with Crippen molar-refractivity contribution >= 4 is 0 Å². The molecule has 2 heteroatoms. The van der Waals surface area contributed by atoms with Gasteiger partial charge in [-0.2, -0.15) is 0 Å². The molecule has 0 spiro atoms. The van der Waals surface area contributed by atoms with Gasteiger partial charge in [0, 0.05) is 0 Å². The van der Waals surface area contributed by atoms with Gasteiger partial charge in [0.05, 0.1) is 0 Å². The first-order chi connectivity index (χ1) is 4.33. The van der Waals surface area contributed by atoms with Crippen LogP contribution in [0.1, 0.15) is 5.56 Å². The van der Waals surface area contributed by atoms with E-state index in [4.69, 9.17) is 5.11 Å². The maximum atomic E-state index is 11.8. The Hall–Kier alpha value is -1.05. The SMILES string of the molecule is Oc1ccc(CF)cc1. The largest absolute Gasteiger partial charge is 0.508 e. The first kappa shape index (κ1) is 6.08. The molecule has 1 nitrogen and oxygen atoms in total. The van der Waals surface area contributed by atoms with Crippen LogP contribution in [0.2, 0.25) is 0 Å². The van der Waals surface area contributed by atoms with E-state index >= 15 is 0 Å². The highest BCUT2D eigenvalue weighted by molar-refractivity contribution is 5.25. The number of halogens is 1. The van der Waals surface area contributed by atoms with Gasteiger partial charge in [0.1, 0.15) is 12.4 Å². The zero-order valence-electron chi connectivity index (χ0n) is 4.84. The summed E-state index contributed by atoms with van der Waals surface area (Å²) >= 11 is 0. The first-order valence-corrected chi connectivity index (χ1v) is 2.67. The van der Waals surface area contributed by atoms with Crippen molar-refractivity contribution in [3.63, 3.8) is 0 Å². The summed E-state index contributed by atoms with van der Waals surface area (Å²) in [4.78, 5) is 0. The van der Waals surface area contributed by atoms with Crippen LogP contribution >= 0.6 is 0 Å². The minimum atomic E-state index is -0.472. The topological polar surface area (TPSA) is 20.2 Å². The Kier molecular flexibility index (Phi) is 1.68. The predicted octanol–water partition coefficient (Wildman–Crippen LogP) is 1.86. The second kappa shape index (κ2) is 2.49. The van der Waals surface area contributed by atoms with E-state index in [1.54, 1.807) is 12.1 Å². The van der Waals surface area contributed by atoms with Crippen LogP contribution in [-0.2, 0) is 6.67 Å². The van der Waals surface area contributed by atoms with Crippen LogP contribution in [0.15, 0.2) is 24.3 Å². The van der Waals surface area contributed by atoms with Crippen LogP contribution in [0.25, 0.3) is 0 Å². The number of rotatable bonds is 1. The molecule has 0 unspecified atom stereocenters. The Morgan fingerprint density at radius 2 is 1.78 bits per heavy atom. The standard InChI is InChI=1S/C7H7FO/c8-5-6-1-3-7(9)4-2-6/h1-4,9H,5H2. The Bertz CT molecular complexity index is 181. The second-order valence-corrected chi connectivity index (χ2v) is 1.80. The number of phenols is 1. The molecule has 0 saturated carbocycles. The van der Waals surface area contributed by atoms with E-state index in [2.05, 4.69) is 0 Å². The fourth-order valence-corrected chi connectivity index (χ4v) is 0.585. The lowest BCUT2D eigenvalue weighted by molar-refractivity contribution is 0.470. The first-order valence-electron chi connectivity index (χ1n) is 2.67. The molecule has 0 amide bonds. The number of aromatic hydroxyl groups is 1. The summed E-state index contributed by atoms with van der Waals surface area (Å²) in [7, 11) is 0. The summed E-state index contributed by atoms with van der Waals surface area (Å²) < 4.78 is 11.8. The third-order valence-electron chi connectivity index (χ3n) is 1.09. The third-order valence-corrected chi connectivity index (χ3v) is 1.09. The molecule has 0 atom stereocenters. The van der Waals surface area contributed by atoms with Crippen LogP contribution in [0.5, 0.6) is 5.75 Å². The van der Waals surface area contributed by atoms with E-state index in [0.717, 1.165) is 0 Å². The van der Waals surface area contributed by atoms with Crippen LogP contribution in [0.3, 0.4) is 0 Å². The Morgan fingerprint density at radius 1 is 1.22 bits per heavy atom. The van der Waals surface area contributed by atoms with Crippen molar-refractivity contribution in [2.75, 3.05) is 0 Å². The van der Waals surface area contributed by atoms with Crippen molar-refractivity contribution in [3.8, 4) is 5.75 Å². The molecule has 1 aromatic rings. The Morgan fingerprint density at radius 3 is 2.22 bits per heavy atom. The van der Waals surface area contributed by atoms with Crippen molar-refractivity contribution in [3.05, 3.63) is 29.8 Å². The monoisotopic (exact) mass is 126 g/mol. The van der Waals surface area contributed by atoms with E-state index < -0.39 is 6.67 Å². The van der Waals surface area contributed by atoms with Gasteiger partial charge in [-0.15, -0.1) is 0 Å². The molecule has 48 valence electrons. The molecule has 0 heterocycles. The minimum Gasteiger partial charge on any atom is -0.508 e. The van der Waals surface area contributed by atoms with Gasteiger partial charge >= 0.3 is 0 Å². The van der Waals surface area contributed by atoms with E-state index in [1.807, 2.05) is 0 Å². The lowest BCUT2D eigenvalue weighted by Gasteiger charge is -1.91. The fourth-order valence-electron chi connectivity index (χ4n) is 0.585. The zero-order valence-corrected chi connectivity index (χ0v) is 4.84. The molecule has 0 aliphatic carbocycles. The number of hydrogen-bond donors (Lipinski definition) is 1. The summed E-state index contributed by atoms with van der Waals surface area (Å²) in [5, 5.41) is 8.73. The highest BCUT2D eigenvalue weighted by atomic mass is 19.1. The van der Waals surface area contributed by atoms with Crippen molar-refractivity contribution in [2.45, 2.75) is 6.67 Å². The van der Waals surface area contributed by atoms with E-state index in [-0.39, 0.29) is 5.75 Å². The summed E-state index contributed by atoms with van der Waals surface area (Å²) in [5.74, 6) is 0.173. The van der Waals surface area contributed by atoms with Gasteiger partial charge in [0.15, 0.2) is 0 Å². The van der Waals surface area contributed by atoms with Gasteiger partial charge in [-0.25, -0.2) is 4.39 Å². The number of phenolic OH excluding ortho intramolecular Hbond substituents is 1. The second-order valence-electron chi connectivity index (χ2n) is 1.80. The van der Waals surface area contributed by atoms with E-state index in [1.165, 1.54) is 12.1 Å². The van der Waals surface area contributed by atoms with Crippen molar-refractivity contribution in [1.29, 1.82) is 0 Å². The normalized spacial score (nSPS) is 9.44. The van der Waals surface area contributed by atoms with Gasteiger partial charge < -0.3 is 5.11 Å². The van der Waals surface area contributed by atoms with Gasteiger partial charge in [0.2, 0.25) is 0 Å². The maximum absolute atomic E-state index is 11.8. The minimum absolute atomic E-state index is 0.173. The van der Waals surface area contributed by atoms with Crippen LogP contribution in [0, 0.1) is 0 Å². The molecule has 0 fully saturated rings.